The van der Waals surface area contributed by atoms with Gasteiger partial charge in [0.05, 0.1) is 40.1 Å². The largest absolute Gasteiger partial charge is 0.356 e. The van der Waals surface area contributed by atoms with Gasteiger partial charge in [-0.3, -0.25) is 4.79 Å². The Balaban J connectivity index is 1.33. The zero-order valence-electron chi connectivity index (χ0n) is 17.4. The third-order valence-corrected chi connectivity index (χ3v) is 8.50. The molecule has 0 aliphatic carbocycles. The third-order valence-electron chi connectivity index (χ3n) is 5.97. The van der Waals surface area contributed by atoms with Gasteiger partial charge in [0, 0.05) is 31.0 Å². The van der Waals surface area contributed by atoms with Crippen molar-refractivity contribution in [2.45, 2.75) is 24.4 Å². The van der Waals surface area contributed by atoms with Gasteiger partial charge in [-0.1, -0.05) is 11.6 Å². The van der Waals surface area contributed by atoms with Crippen molar-refractivity contribution in [3.8, 4) is 5.69 Å². The summed E-state index contributed by atoms with van der Waals surface area (Å²) in [6, 6.07) is 6.61. The standard InChI is InChI=1S/C21H20Cl2N6O3S/c22-17-8-15(29-6-1-5-24-29)2-3-19(17)33(31,32)12-14-4-7-28(9-14)20-16-10-27(13-30)11-18(16)25-21(23)26-20/h1-3,5-6,8,13-14H,4,7,9-12H2/t14-/m0/s1. The Bertz CT molecular complexity index is 1320. The van der Waals surface area contributed by atoms with Gasteiger partial charge in [0.2, 0.25) is 11.7 Å². The third kappa shape index (κ3) is 4.30. The molecule has 12 heteroatoms. The van der Waals surface area contributed by atoms with Crippen LogP contribution >= 0.6 is 23.2 Å². The minimum atomic E-state index is -3.60. The van der Waals surface area contributed by atoms with E-state index in [1.54, 1.807) is 40.2 Å². The van der Waals surface area contributed by atoms with Crippen molar-refractivity contribution in [2.24, 2.45) is 5.92 Å². The van der Waals surface area contributed by atoms with Crippen molar-refractivity contribution in [1.82, 2.24) is 24.6 Å². The lowest BCUT2D eigenvalue weighted by molar-refractivity contribution is -0.118. The molecule has 1 saturated heterocycles. The Hall–Kier alpha value is -2.69. The first-order valence-corrected chi connectivity index (χ1v) is 12.8. The summed E-state index contributed by atoms with van der Waals surface area (Å²) in [5.41, 5.74) is 2.29. The van der Waals surface area contributed by atoms with Crippen molar-refractivity contribution >= 4 is 45.3 Å². The molecule has 1 atom stereocenters. The second kappa shape index (κ2) is 8.58. The van der Waals surface area contributed by atoms with Crippen molar-refractivity contribution < 1.29 is 13.2 Å². The second-order valence-electron chi connectivity index (χ2n) is 8.20. The van der Waals surface area contributed by atoms with Crippen LogP contribution in [0.2, 0.25) is 10.3 Å². The van der Waals surface area contributed by atoms with Gasteiger partial charge >= 0.3 is 0 Å². The van der Waals surface area contributed by atoms with E-state index in [9.17, 15) is 13.2 Å². The van der Waals surface area contributed by atoms with E-state index < -0.39 is 9.84 Å². The number of fused-ring (bicyclic) bond motifs is 1. The Morgan fingerprint density at radius 3 is 2.76 bits per heavy atom. The van der Waals surface area contributed by atoms with Crippen LogP contribution in [0.3, 0.4) is 0 Å². The van der Waals surface area contributed by atoms with E-state index in [0.717, 1.165) is 17.7 Å². The first kappa shape index (κ1) is 22.1. The topological polar surface area (TPSA) is 101 Å². The molecular formula is C21H20Cl2N6O3S. The number of hydrogen-bond acceptors (Lipinski definition) is 7. The van der Waals surface area contributed by atoms with Crippen LogP contribution < -0.4 is 4.90 Å². The molecular weight excluding hydrogens is 487 g/mol. The summed E-state index contributed by atoms with van der Waals surface area (Å²) in [5.74, 6) is 0.562. The minimum absolute atomic E-state index is 0.0220. The van der Waals surface area contributed by atoms with Crippen molar-refractivity contribution in [3.63, 3.8) is 0 Å². The number of amides is 1. The molecule has 1 amide bonds. The lowest BCUT2D eigenvalue weighted by Gasteiger charge is -2.20. The Labute approximate surface area is 200 Å². The number of carbonyl (C=O) groups excluding carboxylic acids is 1. The second-order valence-corrected chi connectivity index (χ2v) is 10.9. The number of rotatable bonds is 6. The SMILES string of the molecule is O=CN1Cc2nc(Cl)nc(N3CC[C@H](CS(=O)(=O)c4ccc(-n5cccn5)cc4Cl)C3)c2C1. The molecule has 1 aromatic carbocycles. The molecule has 0 saturated carbocycles. The summed E-state index contributed by atoms with van der Waals surface area (Å²) < 4.78 is 27.9. The van der Waals surface area contributed by atoms with Crippen LogP contribution in [0.5, 0.6) is 0 Å². The molecule has 172 valence electrons. The van der Waals surface area contributed by atoms with Crippen LogP contribution in [0.25, 0.3) is 5.69 Å². The van der Waals surface area contributed by atoms with E-state index in [1.807, 2.05) is 4.90 Å². The summed E-state index contributed by atoms with van der Waals surface area (Å²) in [7, 11) is -3.60. The molecule has 2 aromatic heterocycles. The highest BCUT2D eigenvalue weighted by molar-refractivity contribution is 7.91. The number of nitrogens with zero attached hydrogens (tertiary/aromatic N) is 6. The van der Waals surface area contributed by atoms with Gasteiger partial charge < -0.3 is 9.80 Å². The lowest BCUT2D eigenvalue weighted by Crippen LogP contribution is -2.25. The molecule has 4 heterocycles. The van der Waals surface area contributed by atoms with Gasteiger partial charge in [0.15, 0.2) is 9.84 Å². The highest BCUT2D eigenvalue weighted by Crippen LogP contribution is 2.34. The minimum Gasteiger partial charge on any atom is -0.356 e. The number of aromatic nitrogens is 4. The van der Waals surface area contributed by atoms with Crippen LogP contribution in [-0.4, -0.2) is 58.3 Å². The number of sulfone groups is 1. The maximum absolute atomic E-state index is 13.2. The molecule has 33 heavy (non-hydrogen) atoms. The van der Waals surface area contributed by atoms with Gasteiger partial charge in [-0.05, 0) is 48.2 Å². The maximum Gasteiger partial charge on any atom is 0.224 e. The van der Waals surface area contributed by atoms with Crippen molar-refractivity contribution in [1.29, 1.82) is 0 Å². The molecule has 2 aliphatic heterocycles. The average molecular weight is 507 g/mol. The van der Waals surface area contributed by atoms with Crippen LogP contribution in [0.4, 0.5) is 5.82 Å². The lowest BCUT2D eigenvalue weighted by atomic mass is 10.2. The summed E-state index contributed by atoms with van der Waals surface area (Å²) in [5, 5.41) is 4.44. The van der Waals surface area contributed by atoms with Crippen molar-refractivity contribution in [2.75, 3.05) is 23.7 Å². The number of halogens is 2. The fourth-order valence-corrected chi connectivity index (χ4v) is 6.85. The normalized spacial score (nSPS) is 18.1. The highest BCUT2D eigenvalue weighted by atomic mass is 35.5. The average Bonchev–Trinajstić information content (AvgIpc) is 3.53. The maximum atomic E-state index is 13.2. The van der Waals surface area contributed by atoms with E-state index in [4.69, 9.17) is 23.2 Å². The number of benzene rings is 1. The predicted molar refractivity (Wildman–Crippen MR) is 123 cm³/mol. The fourth-order valence-electron chi connectivity index (χ4n) is 4.44. The molecule has 0 radical (unpaired) electrons. The number of carbonyl (C=O) groups is 1. The predicted octanol–water partition coefficient (Wildman–Crippen LogP) is 2.74. The van der Waals surface area contributed by atoms with E-state index in [1.165, 1.54) is 6.07 Å². The van der Waals surface area contributed by atoms with Crippen LogP contribution in [-0.2, 0) is 27.7 Å². The highest BCUT2D eigenvalue weighted by Gasteiger charge is 2.33. The monoisotopic (exact) mass is 506 g/mol. The Morgan fingerprint density at radius 1 is 1.18 bits per heavy atom. The summed E-state index contributed by atoms with van der Waals surface area (Å²) in [6.07, 6.45) is 4.87. The first-order valence-electron chi connectivity index (χ1n) is 10.4. The first-order chi connectivity index (χ1) is 15.8. The molecule has 1 fully saturated rings. The van der Waals surface area contributed by atoms with Gasteiger partial charge in [-0.2, -0.15) is 5.10 Å². The summed E-state index contributed by atoms with van der Waals surface area (Å²) in [4.78, 5) is 23.6. The summed E-state index contributed by atoms with van der Waals surface area (Å²) in [6.45, 7) is 1.98. The van der Waals surface area contributed by atoms with Crippen LogP contribution in [0, 0.1) is 5.92 Å². The molecule has 9 nitrogen and oxygen atoms in total. The molecule has 0 bridgehead atoms. The molecule has 5 rings (SSSR count). The Kier molecular flexibility index (Phi) is 5.75. The molecule has 2 aliphatic rings. The summed E-state index contributed by atoms with van der Waals surface area (Å²) >= 11 is 12.5. The van der Waals surface area contributed by atoms with E-state index in [-0.39, 0.29) is 26.9 Å². The molecule has 0 spiro atoms. The van der Waals surface area contributed by atoms with Crippen molar-refractivity contribution in [3.05, 3.63) is 58.2 Å². The van der Waals surface area contributed by atoms with Gasteiger partial charge in [-0.15, -0.1) is 0 Å². The van der Waals surface area contributed by atoms with E-state index in [0.29, 0.717) is 44.1 Å². The van der Waals surface area contributed by atoms with Gasteiger partial charge in [0.25, 0.3) is 0 Å². The molecule has 0 N–H and O–H groups in total. The number of hydrogen-bond donors (Lipinski definition) is 0. The number of anilines is 1. The van der Waals surface area contributed by atoms with Crippen LogP contribution in [0.1, 0.15) is 17.7 Å². The molecule has 0 unspecified atom stereocenters. The fraction of sp³-hybridized carbons (Fsp3) is 0.333. The van der Waals surface area contributed by atoms with E-state index >= 15 is 0 Å². The van der Waals surface area contributed by atoms with Gasteiger partial charge in [-0.25, -0.2) is 23.1 Å². The Morgan fingerprint density at radius 2 is 2.03 bits per heavy atom. The van der Waals surface area contributed by atoms with Crippen LogP contribution in [0.15, 0.2) is 41.6 Å². The zero-order chi connectivity index (χ0) is 23.2. The smallest absolute Gasteiger partial charge is 0.224 e. The van der Waals surface area contributed by atoms with Gasteiger partial charge in [0.1, 0.15) is 5.82 Å². The molecule has 3 aromatic rings. The quantitative estimate of drug-likeness (QED) is 0.374. The van der Waals surface area contributed by atoms with E-state index in [2.05, 4.69) is 15.1 Å². The zero-order valence-corrected chi connectivity index (χ0v) is 19.8.